The van der Waals surface area contributed by atoms with E-state index in [1.807, 2.05) is 18.2 Å². The Labute approximate surface area is 219 Å². The third-order valence-corrected chi connectivity index (χ3v) is 8.38. The van der Waals surface area contributed by atoms with Crippen molar-refractivity contribution in [2.24, 2.45) is 0 Å². The zero-order chi connectivity index (χ0) is 24.9. The number of benzene rings is 1. The van der Waals surface area contributed by atoms with Crippen LogP contribution in [0.4, 0.5) is 0 Å². The van der Waals surface area contributed by atoms with Crippen molar-refractivity contribution in [3.8, 4) is 0 Å². The Morgan fingerprint density at radius 2 is 1.81 bits per heavy atom. The summed E-state index contributed by atoms with van der Waals surface area (Å²) in [6, 6.07) is 8.99. The van der Waals surface area contributed by atoms with Crippen LogP contribution in [0.1, 0.15) is 55.3 Å². The van der Waals surface area contributed by atoms with Gasteiger partial charge in [0.25, 0.3) is 0 Å². The Bertz CT molecular complexity index is 974. The number of halogens is 1. The van der Waals surface area contributed by atoms with Gasteiger partial charge in [0.05, 0.1) is 23.9 Å². The van der Waals surface area contributed by atoms with Crippen molar-refractivity contribution in [1.82, 2.24) is 0 Å². The fourth-order valence-electron chi connectivity index (χ4n) is 6.46. The molecule has 0 aromatic heterocycles. The zero-order valence-corrected chi connectivity index (χ0v) is 21.7. The molecule has 6 bridgehead atoms. The third-order valence-electron chi connectivity index (χ3n) is 8.06. The van der Waals surface area contributed by atoms with E-state index >= 15 is 0 Å². The predicted octanol–water partition coefficient (Wildman–Crippen LogP) is 3.64. The average molecular weight is 565 g/mol. The highest BCUT2D eigenvalue weighted by Crippen LogP contribution is 2.54. The Kier molecular flexibility index (Phi) is 7.00. The molecular weight excluding hydrogens is 532 g/mol. The van der Waals surface area contributed by atoms with Gasteiger partial charge in [-0.25, -0.2) is 4.79 Å². The lowest BCUT2D eigenvalue weighted by molar-refractivity contribution is -0.293. The minimum Gasteiger partial charge on any atom is -0.458 e. The van der Waals surface area contributed by atoms with Crippen molar-refractivity contribution in [1.29, 1.82) is 0 Å². The molecule has 6 saturated heterocycles. The van der Waals surface area contributed by atoms with Gasteiger partial charge in [0.1, 0.15) is 36.6 Å². The van der Waals surface area contributed by atoms with Gasteiger partial charge in [-0.15, -0.1) is 0 Å². The summed E-state index contributed by atoms with van der Waals surface area (Å²) >= 11 is 3.43. The van der Waals surface area contributed by atoms with Crippen LogP contribution in [0.2, 0.25) is 0 Å². The second-order valence-electron chi connectivity index (χ2n) is 10.5. The largest absolute Gasteiger partial charge is 0.458 e. The van der Waals surface area contributed by atoms with Gasteiger partial charge in [-0.1, -0.05) is 40.7 Å². The fraction of sp³-hybridized carbons (Fsp3) is 0.667. The maximum Gasteiger partial charge on any atom is 0.338 e. The number of ether oxygens (including phenoxy) is 6. The molecule has 0 radical (unpaired) electrons. The van der Waals surface area contributed by atoms with E-state index < -0.39 is 5.79 Å². The molecule has 196 valence electrons. The van der Waals surface area contributed by atoms with E-state index in [9.17, 15) is 9.90 Å². The lowest BCUT2D eigenvalue weighted by Crippen LogP contribution is -2.61. The molecule has 10 atom stereocenters. The van der Waals surface area contributed by atoms with Gasteiger partial charge in [-0.2, -0.15) is 0 Å². The molecule has 36 heavy (non-hydrogen) atoms. The molecule has 1 N–H and O–H groups in total. The number of esters is 1. The van der Waals surface area contributed by atoms with E-state index in [0.717, 1.165) is 17.3 Å². The summed E-state index contributed by atoms with van der Waals surface area (Å²) in [5.41, 5.74) is 0.516. The number of aliphatic hydroxyl groups excluding tert-OH is 1. The summed E-state index contributed by atoms with van der Waals surface area (Å²) in [5.74, 6) is -1.21. The van der Waals surface area contributed by atoms with Crippen LogP contribution in [0.25, 0.3) is 0 Å². The molecule has 6 aliphatic rings. The molecule has 1 unspecified atom stereocenters. The van der Waals surface area contributed by atoms with Crippen LogP contribution in [-0.2, 0) is 28.4 Å². The summed E-state index contributed by atoms with van der Waals surface area (Å²) in [7, 11) is 0. The first kappa shape index (κ1) is 25.0. The minimum atomic E-state index is -0.847. The van der Waals surface area contributed by atoms with Crippen molar-refractivity contribution in [3.05, 3.63) is 47.0 Å². The Hall–Kier alpha value is -1.33. The second kappa shape index (κ2) is 10.1. The summed E-state index contributed by atoms with van der Waals surface area (Å²) in [5, 5.41) is 9.42. The smallest absolute Gasteiger partial charge is 0.338 e. The van der Waals surface area contributed by atoms with Crippen molar-refractivity contribution < 1.29 is 38.3 Å². The van der Waals surface area contributed by atoms with Crippen molar-refractivity contribution in [2.75, 3.05) is 6.61 Å². The first-order valence-corrected chi connectivity index (χ1v) is 13.8. The summed E-state index contributed by atoms with van der Waals surface area (Å²) in [6.07, 6.45) is 2.84. The Morgan fingerprint density at radius 1 is 1.06 bits per heavy atom. The average Bonchev–Trinajstić information content (AvgIpc) is 3.28. The normalized spacial score (nSPS) is 40.9. The van der Waals surface area contributed by atoms with Gasteiger partial charge in [0.15, 0.2) is 5.79 Å². The van der Waals surface area contributed by atoms with Crippen LogP contribution >= 0.6 is 15.9 Å². The molecule has 7 rings (SSSR count). The molecule has 0 saturated carbocycles. The second-order valence-corrected chi connectivity index (χ2v) is 11.6. The van der Waals surface area contributed by atoms with E-state index in [-0.39, 0.29) is 67.5 Å². The molecule has 0 spiro atoms. The zero-order valence-electron chi connectivity index (χ0n) is 20.1. The van der Waals surface area contributed by atoms with Gasteiger partial charge in [0.2, 0.25) is 0 Å². The number of rotatable bonds is 9. The molecule has 6 fully saturated rings. The van der Waals surface area contributed by atoms with E-state index in [1.54, 1.807) is 12.1 Å². The maximum atomic E-state index is 12.7. The van der Waals surface area contributed by atoms with E-state index in [2.05, 4.69) is 22.5 Å². The van der Waals surface area contributed by atoms with Crippen LogP contribution in [0.15, 0.2) is 41.4 Å². The van der Waals surface area contributed by atoms with Crippen molar-refractivity contribution >= 4 is 21.9 Å². The van der Waals surface area contributed by atoms with Crippen molar-refractivity contribution in [3.63, 3.8) is 0 Å². The number of aliphatic hydroxyl groups is 1. The quantitative estimate of drug-likeness (QED) is 0.454. The van der Waals surface area contributed by atoms with Crippen LogP contribution in [-0.4, -0.2) is 78.4 Å². The standard InChI is InChI=1S/C27H33BrO8/c1-15(28)13-18(32-26(30)16-5-3-2-4-6-16)9-11-27-14-20-22(35-27)23-24(34-20)25(36-27)21-19(33-23)8-7-17(31-21)10-12-29/h2-6,17-25,29H,1,7-14H2/t17-,18-,19+,20-,21+,22?,23+,24-,25+,27+/m1/s1. The Balaban J connectivity index is 1.18. The first-order valence-electron chi connectivity index (χ1n) is 13.0. The molecule has 1 aromatic carbocycles. The highest BCUT2D eigenvalue weighted by molar-refractivity contribution is 9.11. The number of hydrogen-bond acceptors (Lipinski definition) is 8. The summed E-state index contributed by atoms with van der Waals surface area (Å²) in [4.78, 5) is 12.7. The van der Waals surface area contributed by atoms with Crippen LogP contribution in [0.3, 0.4) is 0 Å². The molecule has 6 heterocycles. The van der Waals surface area contributed by atoms with E-state index in [4.69, 9.17) is 28.4 Å². The van der Waals surface area contributed by atoms with Gasteiger partial charge < -0.3 is 33.5 Å². The highest BCUT2D eigenvalue weighted by Gasteiger charge is 2.68. The monoisotopic (exact) mass is 564 g/mol. The van der Waals surface area contributed by atoms with E-state index in [0.29, 0.717) is 37.7 Å². The van der Waals surface area contributed by atoms with Crippen LogP contribution in [0.5, 0.6) is 0 Å². The molecule has 1 aromatic rings. The van der Waals surface area contributed by atoms with Crippen LogP contribution < -0.4 is 0 Å². The van der Waals surface area contributed by atoms with Gasteiger partial charge >= 0.3 is 5.97 Å². The lowest BCUT2D eigenvalue weighted by Gasteiger charge is -2.47. The lowest BCUT2D eigenvalue weighted by atomic mass is 9.87. The van der Waals surface area contributed by atoms with Crippen LogP contribution in [0, 0.1) is 0 Å². The highest BCUT2D eigenvalue weighted by atomic mass is 79.9. The molecule has 0 amide bonds. The first-order chi connectivity index (χ1) is 17.4. The van der Waals surface area contributed by atoms with Gasteiger partial charge in [-0.3, -0.25) is 0 Å². The molecule has 8 nitrogen and oxygen atoms in total. The van der Waals surface area contributed by atoms with Crippen molar-refractivity contribution in [2.45, 2.75) is 106 Å². The summed E-state index contributed by atoms with van der Waals surface area (Å²) in [6.45, 7) is 4.05. The maximum absolute atomic E-state index is 12.7. The molecule has 0 aliphatic carbocycles. The summed E-state index contributed by atoms with van der Waals surface area (Å²) < 4.78 is 39.2. The number of hydrogen-bond donors (Lipinski definition) is 1. The fourth-order valence-corrected chi connectivity index (χ4v) is 6.82. The predicted molar refractivity (Wildman–Crippen MR) is 132 cm³/mol. The topological polar surface area (TPSA) is 92.7 Å². The minimum absolute atomic E-state index is 0.0148. The Morgan fingerprint density at radius 3 is 2.58 bits per heavy atom. The SMILES string of the molecule is C=C(Br)C[C@@H](CC[C@@]12C[C@H]3O[C@H]4[C@@H](O1)[C@H]1O[C@@H](CCO)CC[C@@H]1O[C@H]4C3O2)OC(=O)c1ccccc1. The molecular formula is C27H33BrO8. The molecule has 9 heteroatoms. The number of carbonyl (C=O) groups is 1. The van der Waals surface area contributed by atoms with E-state index in [1.165, 1.54) is 0 Å². The number of carbonyl (C=O) groups excluding carboxylic acids is 1. The molecule has 6 aliphatic heterocycles. The number of fused-ring (bicyclic) bond motifs is 1. The third kappa shape index (κ3) is 4.68. The van der Waals surface area contributed by atoms with Gasteiger partial charge in [0, 0.05) is 25.9 Å². The van der Waals surface area contributed by atoms with Gasteiger partial charge in [-0.05, 0) is 42.3 Å².